The van der Waals surface area contributed by atoms with E-state index in [-0.39, 0.29) is 25.2 Å². The molecule has 0 aliphatic heterocycles. The zero-order valence-electron chi connectivity index (χ0n) is 14.6. The van der Waals surface area contributed by atoms with Crippen LogP contribution in [-0.4, -0.2) is 52.8 Å². The lowest BCUT2D eigenvalue weighted by Gasteiger charge is -2.14. The van der Waals surface area contributed by atoms with Crippen LogP contribution in [0, 0.1) is 0 Å². The highest BCUT2D eigenvalue weighted by molar-refractivity contribution is 5.93. The normalized spacial score (nSPS) is 9.76. The number of benzene rings is 1. The van der Waals surface area contributed by atoms with Gasteiger partial charge in [0.15, 0.2) is 17.3 Å². The van der Waals surface area contributed by atoms with Crippen molar-refractivity contribution in [1.82, 2.24) is 5.32 Å². The maximum absolute atomic E-state index is 11.9. The Morgan fingerprint density at radius 3 is 2.00 bits per heavy atom. The number of anilines is 1. The van der Waals surface area contributed by atoms with Crippen LogP contribution >= 0.6 is 0 Å². The van der Waals surface area contributed by atoms with Crippen molar-refractivity contribution in [1.29, 1.82) is 0 Å². The van der Waals surface area contributed by atoms with E-state index in [1.165, 1.54) is 28.4 Å². The molecule has 0 aliphatic carbocycles. The van der Waals surface area contributed by atoms with Crippen LogP contribution in [0.4, 0.5) is 10.5 Å². The molecule has 0 heterocycles. The summed E-state index contributed by atoms with van der Waals surface area (Å²) in [7, 11) is 5.64. The first kappa shape index (κ1) is 20.1. The van der Waals surface area contributed by atoms with Gasteiger partial charge in [0.1, 0.15) is 0 Å². The van der Waals surface area contributed by atoms with Gasteiger partial charge in [0.25, 0.3) is 0 Å². The molecular weight excluding hydrogens is 332 g/mol. The van der Waals surface area contributed by atoms with Crippen molar-refractivity contribution in [2.24, 2.45) is 0 Å². The molecule has 0 spiro atoms. The fourth-order valence-electron chi connectivity index (χ4n) is 1.94. The molecule has 2 amide bonds. The fraction of sp³-hybridized carbons (Fsp3) is 0.438. The van der Waals surface area contributed by atoms with Crippen LogP contribution in [0.25, 0.3) is 0 Å². The van der Waals surface area contributed by atoms with E-state index in [9.17, 15) is 14.4 Å². The number of amides is 2. The third-order valence-electron chi connectivity index (χ3n) is 3.20. The van der Waals surface area contributed by atoms with E-state index >= 15 is 0 Å². The van der Waals surface area contributed by atoms with Crippen molar-refractivity contribution in [3.05, 3.63) is 12.1 Å². The molecule has 0 saturated carbocycles. The van der Waals surface area contributed by atoms with E-state index in [4.69, 9.17) is 14.2 Å². The largest absolute Gasteiger partial charge is 0.493 e. The molecule has 25 heavy (non-hydrogen) atoms. The molecule has 0 unspecified atom stereocenters. The summed E-state index contributed by atoms with van der Waals surface area (Å²) in [6, 6.07) is 2.53. The molecule has 1 aromatic rings. The molecule has 2 N–H and O–H groups in total. The quantitative estimate of drug-likeness (QED) is 0.644. The molecule has 0 aliphatic rings. The maximum atomic E-state index is 11.9. The third kappa shape index (κ3) is 6.21. The molecule has 0 saturated heterocycles. The Morgan fingerprint density at radius 2 is 1.52 bits per heavy atom. The van der Waals surface area contributed by atoms with Crippen molar-refractivity contribution < 1.29 is 33.3 Å². The summed E-state index contributed by atoms with van der Waals surface area (Å²) >= 11 is 0. The monoisotopic (exact) mass is 354 g/mol. The molecule has 0 atom stereocenters. The lowest BCUT2D eigenvalue weighted by Crippen LogP contribution is -2.33. The second kappa shape index (κ2) is 10.0. The summed E-state index contributed by atoms with van der Waals surface area (Å²) < 4.78 is 20.0. The minimum absolute atomic E-state index is 0.00284. The van der Waals surface area contributed by atoms with Gasteiger partial charge in [0, 0.05) is 18.6 Å². The van der Waals surface area contributed by atoms with Crippen molar-refractivity contribution in [2.75, 3.05) is 40.3 Å². The first-order valence-corrected chi connectivity index (χ1v) is 7.38. The van der Waals surface area contributed by atoms with Gasteiger partial charge in [-0.3, -0.25) is 9.59 Å². The van der Waals surface area contributed by atoms with Crippen LogP contribution in [0.3, 0.4) is 0 Å². The SMILES string of the molecule is COC(=O)CCC(=O)CNC(=O)Nc1cc(OC)c(OC)c(OC)c1. The molecule has 1 rings (SSSR count). The average Bonchev–Trinajstić information content (AvgIpc) is 2.63. The van der Waals surface area contributed by atoms with Gasteiger partial charge in [0.05, 0.1) is 47.1 Å². The Labute approximate surface area is 145 Å². The number of esters is 1. The topological polar surface area (TPSA) is 112 Å². The second-order valence-electron chi connectivity index (χ2n) is 4.84. The summed E-state index contributed by atoms with van der Waals surface area (Å²) in [5.41, 5.74) is 0.397. The molecule has 0 radical (unpaired) electrons. The predicted molar refractivity (Wildman–Crippen MR) is 89.4 cm³/mol. The molecule has 0 bridgehead atoms. The van der Waals surface area contributed by atoms with Gasteiger partial charge < -0.3 is 29.6 Å². The van der Waals surface area contributed by atoms with Crippen molar-refractivity contribution in [3.63, 3.8) is 0 Å². The highest BCUT2D eigenvalue weighted by atomic mass is 16.5. The highest BCUT2D eigenvalue weighted by Gasteiger charge is 2.15. The van der Waals surface area contributed by atoms with Gasteiger partial charge in [-0.05, 0) is 0 Å². The molecule has 0 aromatic heterocycles. The van der Waals surface area contributed by atoms with E-state index in [1.807, 2.05) is 0 Å². The number of urea groups is 1. The van der Waals surface area contributed by atoms with E-state index < -0.39 is 12.0 Å². The van der Waals surface area contributed by atoms with Crippen molar-refractivity contribution in [3.8, 4) is 17.2 Å². The Hall–Kier alpha value is -2.97. The number of carbonyl (C=O) groups is 3. The lowest BCUT2D eigenvalue weighted by molar-refractivity contribution is -0.141. The Morgan fingerprint density at radius 1 is 0.920 bits per heavy atom. The second-order valence-corrected chi connectivity index (χ2v) is 4.84. The number of hydrogen-bond acceptors (Lipinski definition) is 7. The van der Waals surface area contributed by atoms with Gasteiger partial charge in [0.2, 0.25) is 5.75 Å². The molecular formula is C16H22N2O7. The highest BCUT2D eigenvalue weighted by Crippen LogP contribution is 2.39. The van der Waals surface area contributed by atoms with Crippen LogP contribution in [0.2, 0.25) is 0 Å². The molecule has 9 nitrogen and oxygen atoms in total. The minimum Gasteiger partial charge on any atom is -0.493 e. The molecule has 138 valence electrons. The third-order valence-corrected chi connectivity index (χ3v) is 3.20. The number of hydrogen-bond donors (Lipinski definition) is 2. The number of rotatable bonds is 9. The summed E-state index contributed by atoms with van der Waals surface area (Å²) in [4.78, 5) is 34.4. The first-order valence-electron chi connectivity index (χ1n) is 7.38. The molecule has 9 heteroatoms. The van der Waals surface area contributed by atoms with E-state index in [1.54, 1.807) is 12.1 Å². The predicted octanol–water partition coefficient (Wildman–Crippen LogP) is 1.36. The van der Waals surface area contributed by atoms with Crippen LogP contribution in [-0.2, 0) is 14.3 Å². The summed E-state index contributed by atoms with van der Waals surface area (Å²) in [6.07, 6.45) is -0.0252. The Kier molecular flexibility index (Phi) is 8.04. The zero-order valence-corrected chi connectivity index (χ0v) is 14.6. The Bertz CT molecular complexity index is 606. The number of nitrogens with one attached hydrogen (secondary N) is 2. The van der Waals surface area contributed by atoms with Crippen molar-refractivity contribution >= 4 is 23.5 Å². The van der Waals surface area contributed by atoms with Gasteiger partial charge >= 0.3 is 12.0 Å². The number of methoxy groups -OCH3 is 4. The smallest absolute Gasteiger partial charge is 0.319 e. The summed E-state index contributed by atoms with van der Waals surface area (Å²) in [5, 5.41) is 4.98. The molecule has 1 aromatic carbocycles. The number of ketones is 1. The Balaban J connectivity index is 2.62. The van der Waals surface area contributed by atoms with Crippen LogP contribution in [0.15, 0.2) is 12.1 Å². The van der Waals surface area contributed by atoms with Gasteiger partial charge in [-0.2, -0.15) is 0 Å². The number of carbonyl (C=O) groups excluding carboxylic acids is 3. The van der Waals surface area contributed by atoms with E-state index in [0.29, 0.717) is 22.9 Å². The average molecular weight is 354 g/mol. The standard InChI is InChI=1S/C16H22N2O7/c1-22-12-7-10(8-13(23-2)15(12)25-4)18-16(21)17-9-11(19)5-6-14(20)24-3/h7-8H,5-6,9H2,1-4H3,(H2,17,18,21). The minimum atomic E-state index is -0.583. The van der Waals surface area contributed by atoms with Gasteiger partial charge in [-0.15, -0.1) is 0 Å². The van der Waals surface area contributed by atoms with Crippen LogP contribution in [0.1, 0.15) is 12.8 Å². The van der Waals surface area contributed by atoms with Crippen LogP contribution < -0.4 is 24.8 Å². The van der Waals surface area contributed by atoms with Crippen molar-refractivity contribution in [2.45, 2.75) is 12.8 Å². The van der Waals surface area contributed by atoms with Gasteiger partial charge in [-0.1, -0.05) is 0 Å². The zero-order chi connectivity index (χ0) is 18.8. The summed E-state index contributed by atoms with van der Waals surface area (Å²) in [6.45, 7) is -0.201. The first-order chi connectivity index (χ1) is 11.9. The van der Waals surface area contributed by atoms with E-state index in [0.717, 1.165) is 0 Å². The van der Waals surface area contributed by atoms with Gasteiger partial charge in [-0.25, -0.2) is 4.79 Å². The lowest BCUT2D eigenvalue weighted by atomic mass is 10.2. The number of ether oxygens (including phenoxy) is 4. The fourth-order valence-corrected chi connectivity index (χ4v) is 1.94. The molecule has 0 fully saturated rings. The summed E-state index contributed by atoms with van der Waals surface area (Å²) in [5.74, 6) is 0.396. The van der Waals surface area contributed by atoms with E-state index in [2.05, 4.69) is 15.4 Å². The van der Waals surface area contributed by atoms with Crippen LogP contribution in [0.5, 0.6) is 17.2 Å². The maximum Gasteiger partial charge on any atom is 0.319 e. The number of Topliss-reactive ketones (excluding diaryl/α,β-unsaturated/α-hetero) is 1.